The molecule has 0 saturated carbocycles. The van der Waals surface area contributed by atoms with E-state index in [4.69, 9.17) is 4.74 Å². The van der Waals surface area contributed by atoms with Crippen LogP contribution >= 0.6 is 15.9 Å². The van der Waals surface area contributed by atoms with E-state index < -0.39 is 0 Å². The Hall–Kier alpha value is -3.66. The van der Waals surface area contributed by atoms with E-state index in [9.17, 15) is 14.4 Å². The Balaban J connectivity index is 1.39. The first-order valence-corrected chi connectivity index (χ1v) is 12.9. The number of benzene rings is 1. The highest BCUT2D eigenvalue weighted by Gasteiger charge is 2.32. The molecule has 2 aromatic heterocycles. The minimum Gasteiger partial charge on any atom is -0.481 e. The molecule has 0 spiro atoms. The molecule has 5 rings (SSSR count). The van der Waals surface area contributed by atoms with Crippen molar-refractivity contribution in [2.45, 2.75) is 32.5 Å². The summed E-state index contributed by atoms with van der Waals surface area (Å²) in [4.78, 5) is 46.2. The molecule has 4 heterocycles. The molecule has 0 aliphatic carbocycles. The lowest BCUT2D eigenvalue weighted by atomic mass is 10.00. The monoisotopic (exact) mass is 565 g/mol. The molecule has 1 saturated heterocycles. The quantitative estimate of drug-likeness (QED) is 0.463. The van der Waals surface area contributed by atoms with Crippen LogP contribution in [-0.2, 0) is 29.1 Å². The molecule has 2 aliphatic rings. The van der Waals surface area contributed by atoms with E-state index in [1.807, 2.05) is 40.7 Å². The number of nitrogens with zero attached hydrogens (tertiary/aromatic N) is 4. The third-order valence-electron chi connectivity index (χ3n) is 7.12. The van der Waals surface area contributed by atoms with Gasteiger partial charge in [-0.05, 0) is 49.2 Å². The van der Waals surface area contributed by atoms with Gasteiger partial charge in [0.15, 0.2) is 0 Å². The largest absolute Gasteiger partial charge is 0.481 e. The van der Waals surface area contributed by atoms with E-state index in [0.717, 1.165) is 32.2 Å². The number of ether oxygens (including phenoxy) is 1. The summed E-state index contributed by atoms with van der Waals surface area (Å²) in [6.45, 7) is 7.41. The number of pyridine rings is 1. The lowest BCUT2D eigenvalue weighted by Crippen LogP contribution is -2.61. The fraction of sp³-hybridized carbons (Fsp3) is 0.333. The van der Waals surface area contributed by atoms with Gasteiger partial charge in [0.25, 0.3) is 5.91 Å². The molecule has 1 fully saturated rings. The highest BCUT2D eigenvalue weighted by atomic mass is 79.9. The summed E-state index contributed by atoms with van der Waals surface area (Å²) in [6, 6.07) is 7.60. The normalized spacial score (nSPS) is 15.2. The van der Waals surface area contributed by atoms with Crippen molar-refractivity contribution in [3.05, 3.63) is 70.0 Å². The van der Waals surface area contributed by atoms with E-state index in [2.05, 4.69) is 32.8 Å². The van der Waals surface area contributed by atoms with Crippen molar-refractivity contribution in [1.29, 1.82) is 0 Å². The highest BCUT2D eigenvalue weighted by molar-refractivity contribution is 9.10. The topological polar surface area (TPSA) is 96.8 Å². The van der Waals surface area contributed by atoms with Crippen molar-refractivity contribution < 1.29 is 19.1 Å². The minimum atomic E-state index is -0.163. The van der Waals surface area contributed by atoms with Crippen LogP contribution < -0.4 is 10.1 Å². The maximum atomic E-state index is 13.9. The van der Waals surface area contributed by atoms with E-state index in [-0.39, 0.29) is 30.3 Å². The van der Waals surface area contributed by atoms with E-state index in [1.54, 1.807) is 18.2 Å². The number of rotatable bonds is 6. The van der Waals surface area contributed by atoms with Gasteiger partial charge in [0.1, 0.15) is 6.54 Å². The van der Waals surface area contributed by atoms with Gasteiger partial charge in [-0.25, -0.2) is 4.98 Å². The van der Waals surface area contributed by atoms with Crippen LogP contribution in [0.2, 0.25) is 0 Å². The third kappa shape index (κ3) is 4.61. The zero-order chi connectivity index (χ0) is 26.3. The minimum absolute atomic E-state index is 0.0706. The lowest BCUT2D eigenvalue weighted by Gasteiger charge is -2.38. The Morgan fingerprint density at radius 3 is 2.76 bits per heavy atom. The van der Waals surface area contributed by atoms with Crippen LogP contribution in [0, 0.1) is 6.92 Å². The van der Waals surface area contributed by atoms with Crippen LogP contribution in [0.4, 0.5) is 0 Å². The fourth-order valence-corrected chi connectivity index (χ4v) is 5.55. The Morgan fingerprint density at radius 1 is 1.24 bits per heavy atom. The van der Waals surface area contributed by atoms with Gasteiger partial charge in [0.05, 0.1) is 18.7 Å². The summed E-state index contributed by atoms with van der Waals surface area (Å²) in [5.74, 6) is 0.236. The molecule has 0 atom stereocenters. The molecule has 0 bridgehead atoms. The smallest absolute Gasteiger partial charge is 0.256 e. The van der Waals surface area contributed by atoms with Gasteiger partial charge >= 0.3 is 0 Å². The van der Waals surface area contributed by atoms with E-state index in [0.29, 0.717) is 44.0 Å². The van der Waals surface area contributed by atoms with E-state index in [1.165, 1.54) is 6.08 Å². The Labute approximate surface area is 223 Å². The first-order chi connectivity index (χ1) is 17.8. The first kappa shape index (κ1) is 25.0. The second-order valence-electron chi connectivity index (χ2n) is 9.35. The molecular formula is C27H28BrN5O4. The molecule has 3 aromatic rings. The molecule has 37 heavy (non-hydrogen) atoms. The van der Waals surface area contributed by atoms with E-state index >= 15 is 0 Å². The lowest BCUT2D eigenvalue weighted by molar-refractivity contribution is -0.133. The van der Waals surface area contributed by atoms with Gasteiger partial charge in [-0.1, -0.05) is 22.5 Å². The zero-order valence-electron chi connectivity index (χ0n) is 20.8. The average Bonchev–Trinajstić information content (AvgIpc) is 3.14. The number of aromatic nitrogens is 2. The van der Waals surface area contributed by atoms with Crippen molar-refractivity contribution in [1.82, 2.24) is 24.7 Å². The van der Waals surface area contributed by atoms with Crippen LogP contribution in [0.1, 0.15) is 27.2 Å². The molecule has 1 N–H and O–H groups in total. The molecule has 10 heteroatoms. The SMILES string of the molecule is C=CC(=O)N1CC(NC(=O)Cn2c(C)c(C(=O)N3CCc4c(ccnc4OC)C3)c3cc(Br)ccc32)C1. The van der Waals surface area contributed by atoms with Crippen LogP contribution in [0.5, 0.6) is 5.88 Å². The van der Waals surface area contributed by atoms with Gasteiger partial charge in [0.2, 0.25) is 17.7 Å². The number of hydrogen-bond acceptors (Lipinski definition) is 5. The summed E-state index contributed by atoms with van der Waals surface area (Å²) < 4.78 is 8.15. The Bertz CT molecular complexity index is 1430. The van der Waals surface area contributed by atoms with Gasteiger partial charge < -0.3 is 24.4 Å². The van der Waals surface area contributed by atoms with Crippen molar-refractivity contribution in [3.63, 3.8) is 0 Å². The number of halogens is 1. The standard InChI is InChI=1S/C27H28BrN5O4/c1-4-24(35)32-13-19(14-32)30-23(34)15-33-16(2)25(21-11-18(28)5-6-22(21)33)27(36)31-10-8-20-17(12-31)7-9-29-26(20)37-3/h4-7,9,11,19H,1,8,10,12-15H2,2-3H3,(H,30,34). The predicted octanol–water partition coefficient (Wildman–Crippen LogP) is 2.83. The van der Waals surface area contributed by atoms with Gasteiger partial charge in [-0.15, -0.1) is 0 Å². The molecule has 1 aromatic carbocycles. The van der Waals surface area contributed by atoms with Crippen LogP contribution in [0.15, 0.2) is 47.6 Å². The number of carbonyl (C=O) groups is 3. The third-order valence-corrected chi connectivity index (χ3v) is 7.61. The van der Waals surface area contributed by atoms with Crippen LogP contribution in [-0.4, -0.2) is 69.9 Å². The fourth-order valence-electron chi connectivity index (χ4n) is 5.19. The predicted molar refractivity (Wildman–Crippen MR) is 142 cm³/mol. The maximum absolute atomic E-state index is 13.9. The summed E-state index contributed by atoms with van der Waals surface area (Å²) in [6.07, 6.45) is 3.64. The first-order valence-electron chi connectivity index (χ1n) is 12.1. The Kier molecular flexibility index (Phi) is 6.76. The molecular weight excluding hydrogens is 538 g/mol. The number of amides is 3. The summed E-state index contributed by atoms with van der Waals surface area (Å²) >= 11 is 3.53. The number of hydrogen-bond donors (Lipinski definition) is 1. The summed E-state index contributed by atoms with van der Waals surface area (Å²) in [5.41, 5.74) is 4.22. The van der Waals surface area contributed by atoms with Crippen molar-refractivity contribution in [2.24, 2.45) is 0 Å². The van der Waals surface area contributed by atoms with Gasteiger partial charge in [-0.2, -0.15) is 0 Å². The highest BCUT2D eigenvalue weighted by Crippen LogP contribution is 2.32. The second kappa shape index (κ2) is 10.0. The second-order valence-corrected chi connectivity index (χ2v) is 10.3. The van der Waals surface area contributed by atoms with Crippen molar-refractivity contribution in [3.8, 4) is 5.88 Å². The summed E-state index contributed by atoms with van der Waals surface area (Å²) in [7, 11) is 1.61. The number of methoxy groups -OCH3 is 1. The average molecular weight is 566 g/mol. The Morgan fingerprint density at radius 2 is 2.03 bits per heavy atom. The van der Waals surface area contributed by atoms with Gasteiger partial charge in [-0.3, -0.25) is 14.4 Å². The van der Waals surface area contributed by atoms with Crippen molar-refractivity contribution >= 4 is 44.6 Å². The number of fused-ring (bicyclic) bond motifs is 2. The molecule has 2 aliphatic heterocycles. The molecule has 9 nitrogen and oxygen atoms in total. The molecule has 192 valence electrons. The molecule has 0 radical (unpaired) electrons. The molecule has 3 amide bonds. The maximum Gasteiger partial charge on any atom is 0.256 e. The van der Waals surface area contributed by atoms with Crippen LogP contribution in [0.25, 0.3) is 10.9 Å². The van der Waals surface area contributed by atoms with Gasteiger partial charge in [0, 0.05) is 59.0 Å². The van der Waals surface area contributed by atoms with Crippen molar-refractivity contribution in [2.75, 3.05) is 26.7 Å². The zero-order valence-corrected chi connectivity index (χ0v) is 22.4. The summed E-state index contributed by atoms with van der Waals surface area (Å²) in [5, 5.41) is 3.79. The number of likely N-dealkylation sites (tertiary alicyclic amines) is 1. The van der Waals surface area contributed by atoms with Crippen LogP contribution in [0.3, 0.4) is 0 Å². The number of nitrogens with one attached hydrogen (secondary N) is 1. The molecule has 0 unspecified atom stereocenters. The number of carbonyl (C=O) groups excluding carboxylic acids is 3.